The normalized spacial score (nSPS) is 14.6. The Kier molecular flexibility index (Phi) is 4.61. The first-order chi connectivity index (χ1) is 8.09. The van der Waals surface area contributed by atoms with Crippen LogP contribution in [0.15, 0.2) is 24.3 Å². The number of hydrogen-bond donors (Lipinski definition) is 1. The van der Waals surface area contributed by atoms with Gasteiger partial charge in [0.2, 0.25) is 0 Å². The van der Waals surface area contributed by atoms with Gasteiger partial charge in [-0.1, -0.05) is 65.8 Å². The van der Waals surface area contributed by atoms with Crippen molar-refractivity contribution in [2.24, 2.45) is 5.41 Å². The molecule has 0 aliphatic carbocycles. The Morgan fingerprint density at radius 3 is 1.83 bits per heavy atom. The highest BCUT2D eigenvalue weighted by atomic mass is 14.9. The van der Waals surface area contributed by atoms with Gasteiger partial charge in [0.05, 0.1) is 0 Å². The Hall–Kier alpha value is -0.820. The molecule has 0 spiro atoms. The highest BCUT2D eigenvalue weighted by Gasteiger charge is 2.15. The maximum atomic E-state index is 3.60. The molecule has 0 aromatic heterocycles. The fourth-order valence-corrected chi connectivity index (χ4v) is 1.85. The monoisotopic (exact) mass is 247 g/mol. The van der Waals surface area contributed by atoms with E-state index in [0.29, 0.717) is 11.5 Å². The van der Waals surface area contributed by atoms with Crippen LogP contribution in [0, 0.1) is 5.41 Å². The minimum atomic E-state index is 0.237. The molecule has 1 rings (SSSR count). The van der Waals surface area contributed by atoms with Gasteiger partial charge in [-0.15, -0.1) is 0 Å². The van der Waals surface area contributed by atoms with Crippen LogP contribution in [-0.4, -0.2) is 6.54 Å². The van der Waals surface area contributed by atoms with Crippen molar-refractivity contribution in [1.82, 2.24) is 5.32 Å². The quantitative estimate of drug-likeness (QED) is 0.817. The van der Waals surface area contributed by atoms with Crippen molar-refractivity contribution in [3.05, 3.63) is 35.4 Å². The Balaban J connectivity index is 2.68. The van der Waals surface area contributed by atoms with E-state index in [-0.39, 0.29) is 5.41 Å². The molecule has 0 bridgehead atoms. The molecule has 1 nitrogen and oxygen atoms in total. The van der Waals surface area contributed by atoms with Gasteiger partial charge in [-0.25, -0.2) is 0 Å². The first kappa shape index (κ1) is 15.2. The molecule has 0 amide bonds. The molecule has 1 heteroatoms. The fraction of sp³-hybridized carbons (Fsp3) is 0.647. The Morgan fingerprint density at radius 2 is 1.44 bits per heavy atom. The molecule has 0 heterocycles. The topological polar surface area (TPSA) is 12.0 Å². The molecular weight excluding hydrogens is 218 g/mol. The Labute approximate surface area is 113 Å². The molecule has 1 aromatic carbocycles. The van der Waals surface area contributed by atoms with Crippen LogP contribution >= 0.6 is 0 Å². The van der Waals surface area contributed by atoms with Crippen LogP contribution in [-0.2, 0) is 5.41 Å². The van der Waals surface area contributed by atoms with E-state index in [2.05, 4.69) is 78.0 Å². The third kappa shape index (κ3) is 4.81. The molecular formula is C17H29N. The second-order valence-corrected chi connectivity index (χ2v) is 7.54. The van der Waals surface area contributed by atoms with Crippen LogP contribution in [0.25, 0.3) is 0 Å². The van der Waals surface area contributed by atoms with E-state index < -0.39 is 0 Å². The number of hydrogen-bond acceptors (Lipinski definition) is 1. The van der Waals surface area contributed by atoms with E-state index in [0.717, 1.165) is 6.54 Å². The van der Waals surface area contributed by atoms with Crippen molar-refractivity contribution in [2.75, 3.05) is 6.54 Å². The van der Waals surface area contributed by atoms with E-state index in [1.807, 2.05) is 0 Å². The molecule has 1 atom stereocenters. The molecule has 1 aromatic rings. The van der Waals surface area contributed by atoms with Crippen LogP contribution < -0.4 is 5.32 Å². The fourth-order valence-electron chi connectivity index (χ4n) is 1.85. The average molecular weight is 247 g/mol. The summed E-state index contributed by atoms with van der Waals surface area (Å²) in [6.45, 7) is 16.8. The SMILES string of the molecule is CC(NCC(C)(C)C)c1ccc(C(C)(C)C)cc1. The van der Waals surface area contributed by atoms with Gasteiger partial charge in [0.1, 0.15) is 0 Å². The van der Waals surface area contributed by atoms with Crippen LogP contribution in [0.1, 0.15) is 65.6 Å². The van der Waals surface area contributed by atoms with Crippen molar-refractivity contribution in [1.29, 1.82) is 0 Å². The van der Waals surface area contributed by atoms with E-state index in [1.54, 1.807) is 0 Å². The van der Waals surface area contributed by atoms with Gasteiger partial charge in [-0.3, -0.25) is 0 Å². The van der Waals surface area contributed by atoms with E-state index in [1.165, 1.54) is 11.1 Å². The Morgan fingerprint density at radius 1 is 0.944 bits per heavy atom. The lowest BCUT2D eigenvalue weighted by atomic mass is 9.86. The maximum absolute atomic E-state index is 3.60. The van der Waals surface area contributed by atoms with Gasteiger partial charge >= 0.3 is 0 Å². The van der Waals surface area contributed by atoms with Crippen LogP contribution in [0.4, 0.5) is 0 Å². The van der Waals surface area contributed by atoms with E-state index in [4.69, 9.17) is 0 Å². The predicted molar refractivity (Wildman–Crippen MR) is 81.0 cm³/mol. The summed E-state index contributed by atoms with van der Waals surface area (Å²) in [4.78, 5) is 0. The van der Waals surface area contributed by atoms with Crippen molar-refractivity contribution < 1.29 is 0 Å². The largest absolute Gasteiger partial charge is 0.310 e. The minimum absolute atomic E-state index is 0.237. The summed E-state index contributed by atoms with van der Waals surface area (Å²) in [5, 5.41) is 3.60. The standard InChI is InChI=1S/C17H29N/c1-13(18-12-16(2,3)4)14-8-10-15(11-9-14)17(5,6)7/h8-11,13,18H,12H2,1-7H3. The molecule has 0 radical (unpaired) electrons. The third-order valence-corrected chi connectivity index (χ3v) is 3.22. The molecule has 0 aliphatic heterocycles. The first-order valence-electron chi connectivity index (χ1n) is 6.93. The third-order valence-electron chi connectivity index (χ3n) is 3.22. The summed E-state index contributed by atoms with van der Waals surface area (Å²) in [7, 11) is 0. The molecule has 0 saturated heterocycles. The van der Waals surface area contributed by atoms with Crippen molar-refractivity contribution in [3.63, 3.8) is 0 Å². The van der Waals surface area contributed by atoms with Crippen LogP contribution in [0.3, 0.4) is 0 Å². The van der Waals surface area contributed by atoms with E-state index >= 15 is 0 Å². The van der Waals surface area contributed by atoms with Crippen molar-refractivity contribution in [2.45, 2.75) is 59.9 Å². The summed E-state index contributed by atoms with van der Waals surface area (Å²) in [6.07, 6.45) is 0. The van der Waals surface area contributed by atoms with Crippen molar-refractivity contribution >= 4 is 0 Å². The summed E-state index contributed by atoms with van der Waals surface area (Å²) in [6, 6.07) is 9.43. The van der Waals surface area contributed by atoms with Crippen LogP contribution in [0.2, 0.25) is 0 Å². The predicted octanol–water partition coefficient (Wildman–Crippen LogP) is 4.68. The summed E-state index contributed by atoms with van der Waals surface area (Å²) in [5.74, 6) is 0. The zero-order valence-electron chi connectivity index (χ0n) is 13.1. The highest BCUT2D eigenvalue weighted by molar-refractivity contribution is 5.29. The Bertz CT molecular complexity index is 362. The zero-order chi connectivity index (χ0) is 14.0. The summed E-state index contributed by atoms with van der Waals surface area (Å²) < 4.78 is 0. The van der Waals surface area contributed by atoms with Gasteiger partial charge in [0.15, 0.2) is 0 Å². The van der Waals surface area contributed by atoms with Crippen molar-refractivity contribution in [3.8, 4) is 0 Å². The van der Waals surface area contributed by atoms with Gasteiger partial charge < -0.3 is 5.32 Å². The van der Waals surface area contributed by atoms with Gasteiger partial charge in [0.25, 0.3) is 0 Å². The molecule has 0 saturated carbocycles. The summed E-state index contributed by atoms with van der Waals surface area (Å²) >= 11 is 0. The van der Waals surface area contributed by atoms with Gasteiger partial charge in [0, 0.05) is 12.6 Å². The zero-order valence-corrected chi connectivity index (χ0v) is 13.1. The van der Waals surface area contributed by atoms with Crippen LogP contribution in [0.5, 0.6) is 0 Å². The maximum Gasteiger partial charge on any atom is 0.0292 e. The molecule has 1 N–H and O–H groups in total. The second-order valence-electron chi connectivity index (χ2n) is 7.54. The smallest absolute Gasteiger partial charge is 0.0292 e. The number of benzene rings is 1. The highest BCUT2D eigenvalue weighted by Crippen LogP contribution is 2.24. The molecule has 0 aliphatic rings. The number of nitrogens with one attached hydrogen (secondary N) is 1. The minimum Gasteiger partial charge on any atom is -0.310 e. The van der Waals surface area contributed by atoms with Gasteiger partial charge in [-0.05, 0) is 28.9 Å². The molecule has 0 fully saturated rings. The molecule has 1 unspecified atom stereocenters. The van der Waals surface area contributed by atoms with E-state index in [9.17, 15) is 0 Å². The lowest BCUT2D eigenvalue weighted by molar-refractivity contribution is 0.359. The first-order valence-corrected chi connectivity index (χ1v) is 6.93. The van der Waals surface area contributed by atoms with Gasteiger partial charge in [-0.2, -0.15) is 0 Å². The summed E-state index contributed by atoms with van der Waals surface area (Å²) in [5.41, 5.74) is 3.33. The lowest BCUT2D eigenvalue weighted by Gasteiger charge is -2.24. The molecule has 102 valence electrons. The lowest BCUT2D eigenvalue weighted by Crippen LogP contribution is -2.29. The number of rotatable bonds is 3. The second kappa shape index (κ2) is 5.44. The molecule has 18 heavy (non-hydrogen) atoms. The average Bonchev–Trinajstić information content (AvgIpc) is 2.24.